The zero-order valence-electron chi connectivity index (χ0n) is 26.9. The molecule has 1 aliphatic rings. The Kier molecular flexibility index (Phi) is 38.4. The van der Waals surface area contributed by atoms with Gasteiger partial charge in [0.1, 0.15) is 0 Å². The van der Waals surface area contributed by atoms with Crippen LogP contribution in [-0.2, 0) is 0 Å². The largest absolute Gasteiger partial charge is 0.344 e. The topological polar surface area (TPSA) is 61.0 Å². The van der Waals surface area contributed by atoms with E-state index >= 15 is 0 Å². The third-order valence-corrected chi connectivity index (χ3v) is 8.41. The minimum Gasteiger partial charge on any atom is -0.344 e. The second-order valence-electron chi connectivity index (χ2n) is 12.2. The lowest BCUT2D eigenvalue weighted by molar-refractivity contribution is 0.382. The van der Waals surface area contributed by atoms with Gasteiger partial charge in [0.2, 0.25) is 0 Å². The highest BCUT2D eigenvalue weighted by Crippen LogP contribution is 2.26. The van der Waals surface area contributed by atoms with Gasteiger partial charge in [0.05, 0.1) is 0 Å². The molecular weight excluding hydrogens is 460 g/mol. The maximum atomic E-state index is 5.47. The van der Waals surface area contributed by atoms with Crippen molar-refractivity contribution in [1.82, 2.24) is 6.15 Å². The van der Waals surface area contributed by atoms with Crippen LogP contribution in [0.3, 0.4) is 0 Å². The summed E-state index contributed by atoms with van der Waals surface area (Å²) in [6.45, 7) is 5.44. The van der Waals surface area contributed by atoms with E-state index in [4.69, 9.17) is 5.73 Å². The number of unbranched alkanes of at least 4 members (excludes halogenated alkanes) is 18. The van der Waals surface area contributed by atoms with Gasteiger partial charge in [-0.1, -0.05) is 187 Å². The van der Waals surface area contributed by atoms with Crippen LogP contribution in [0.25, 0.3) is 0 Å². The first-order valence-corrected chi connectivity index (χ1v) is 17.7. The van der Waals surface area contributed by atoms with Crippen molar-refractivity contribution in [2.24, 2.45) is 11.7 Å². The van der Waals surface area contributed by atoms with Crippen LogP contribution in [0.2, 0.25) is 0 Å². The molecule has 38 heavy (non-hydrogen) atoms. The lowest BCUT2D eigenvalue weighted by Gasteiger charge is -2.15. The molecule has 0 amide bonds. The molecule has 0 aliphatic heterocycles. The molecule has 1 rings (SSSR count). The van der Waals surface area contributed by atoms with E-state index in [9.17, 15) is 0 Å². The summed E-state index contributed by atoms with van der Waals surface area (Å²) in [5, 5.41) is 0. The van der Waals surface area contributed by atoms with Crippen molar-refractivity contribution in [3.63, 3.8) is 0 Å². The van der Waals surface area contributed by atoms with Gasteiger partial charge in [-0.3, -0.25) is 0 Å². The fourth-order valence-electron chi connectivity index (χ4n) is 5.79. The Hall–Kier alpha value is -0.340. The molecule has 0 saturated heterocycles. The number of hydrogen-bond donors (Lipinski definition) is 2. The van der Waals surface area contributed by atoms with E-state index in [-0.39, 0.29) is 6.15 Å². The van der Waals surface area contributed by atoms with E-state index in [0.717, 1.165) is 12.5 Å². The van der Waals surface area contributed by atoms with Crippen molar-refractivity contribution >= 4 is 0 Å². The third-order valence-electron chi connectivity index (χ3n) is 8.41. The molecule has 0 spiro atoms. The number of rotatable bonds is 23. The lowest BCUT2D eigenvalue weighted by atomic mass is 9.91. The summed E-state index contributed by atoms with van der Waals surface area (Å²) in [7, 11) is 0. The van der Waals surface area contributed by atoms with Crippen molar-refractivity contribution in [2.45, 2.75) is 206 Å². The molecule has 0 aromatic carbocycles. The molecule has 5 N–H and O–H groups in total. The van der Waals surface area contributed by atoms with Gasteiger partial charge in [0.15, 0.2) is 0 Å². The van der Waals surface area contributed by atoms with Crippen molar-refractivity contribution in [2.75, 3.05) is 6.54 Å². The van der Waals surface area contributed by atoms with Crippen LogP contribution in [0.4, 0.5) is 0 Å². The van der Waals surface area contributed by atoms with Gasteiger partial charge in [-0.25, -0.2) is 0 Å². The Morgan fingerprint density at radius 3 is 1.29 bits per heavy atom. The molecule has 2 nitrogen and oxygen atoms in total. The van der Waals surface area contributed by atoms with Crippen molar-refractivity contribution in [1.29, 1.82) is 0 Å². The van der Waals surface area contributed by atoms with E-state index in [2.05, 4.69) is 26.0 Å². The molecule has 0 aromatic heterocycles. The highest BCUT2D eigenvalue weighted by atomic mass is 14.5. The van der Waals surface area contributed by atoms with E-state index in [1.807, 2.05) is 0 Å². The van der Waals surface area contributed by atoms with Crippen molar-refractivity contribution in [3.8, 4) is 0 Å². The first kappa shape index (κ1) is 39.8. The average Bonchev–Trinajstić information content (AvgIpc) is 3.05. The fraction of sp³-hybridized carbons (Fsp3) is 0.944. The van der Waals surface area contributed by atoms with Gasteiger partial charge < -0.3 is 11.9 Å². The highest BCUT2D eigenvalue weighted by molar-refractivity contribution is 4.81. The predicted octanol–water partition coefficient (Wildman–Crippen LogP) is 13.0. The molecular formula is C36H76N2. The molecule has 0 radical (unpaired) electrons. The van der Waals surface area contributed by atoms with Crippen LogP contribution in [0.1, 0.15) is 206 Å². The van der Waals surface area contributed by atoms with Gasteiger partial charge >= 0.3 is 0 Å². The quantitative estimate of drug-likeness (QED) is 0.101. The Morgan fingerprint density at radius 1 is 0.474 bits per heavy atom. The fourth-order valence-corrected chi connectivity index (χ4v) is 5.79. The summed E-state index contributed by atoms with van der Waals surface area (Å²) in [4.78, 5) is 0. The summed E-state index contributed by atoms with van der Waals surface area (Å²) in [5.74, 6) is 1.08. The molecule has 1 saturated carbocycles. The van der Waals surface area contributed by atoms with Gasteiger partial charge in [0.25, 0.3) is 0 Å². The van der Waals surface area contributed by atoms with Crippen LogP contribution >= 0.6 is 0 Å². The minimum atomic E-state index is 0. The Balaban J connectivity index is 0. The van der Waals surface area contributed by atoms with Gasteiger partial charge in [-0.2, -0.15) is 0 Å². The van der Waals surface area contributed by atoms with E-state index in [0.29, 0.717) is 0 Å². The second kappa shape index (κ2) is 36.7. The zero-order chi connectivity index (χ0) is 26.9. The van der Waals surface area contributed by atoms with Crippen LogP contribution in [0.5, 0.6) is 0 Å². The first-order valence-electron chi connectivity index (χ1n) is 17.7. The zero-order valence-corrected chi connectivity index (χ0v) is 26.9. The number of hydrogen-bond acceptors (Lipinski definition) is 2. The maximum absolute atomic E-state index is 5.47. The predicted molar refractivity (Wildman–Crippen MR) is 177 cm³/mol. The Labute approximate surface area is 242 Å². The van der Waals surface area contributed by atoms with Crippen LogP contribution in [0.15, 0.2) is 12.2 Å². The smallest absolute Gasteiger partial charge is 0.00773 e. The third kappa shape index (κ3) is 33.7. The molecule has 1 aliphatic carbocycles. The molecule has 2 heteroatoms. The summed E-state index contributed by atoms with van der Waals surface area (Å²) in [5.41, 5.74) is 5.47. The van der Waals surface area contributed by atoms with Crippen LogP contribution < -0.4 is 11.9 Å². The van der Waals surface area contributed by atoms with Crippen LogP contribution in [-0.4, -0.2) is 6.54 Å². The maximum Gasteiger partial charge on any atom is -0.00773 e. The SMILES string of the molecule is CCCCCCCCC=CCCCCCCCCN.CCCCCCCCCC1CCCCCCCC1.N. The average molecular weight is 537 g/mol. The standard InChI is InChI=1S/C18H37N.C18H36.H3N/c1-2-3-4-5-6-7-8-9-10-11-12-13-14-15-16-17-18-19;1-2-3-4-5-6-9-12-15-18-16-13-10-7-8-11-14-17-18;/h9-10H,2-8,11-19H2,1H3;18H,2-17H2,1H3;1H3. The highest BCUT2D eigenvalue weighted by Gasteiger charge is 2.10. The van der Waals surface area contributed by atoms with E-state index in [1.165, 1.54) is 193 Å². The number of allylic oxidation sites excluding steroid dienone is 2. The molecule has 230 valence electrons. The molecule has 0 atom stereocenters. The Morgan fingerprint density at radius 2 is 0.842 bits per heavy atom. The van der Waals surface area contributed by atoms with E-state index in [1.54, 1.807) is 0 Å². The monoisotopic (exact) mass is 537 g/mol. The minimum absolute atomic E-state index is 0. The molecule has 0 unspecified atom stereocenters. The summed E-state index contributed by atoms with van der Waals surface area (Å²) in [6.07, 6.45) is 47.8. The van der Waals surface area contributed by atoms with Gasteiger partial charge in [-0.15, -0.1) is 0 Å². The molecule has 0 aromatic rings. The molecule has 0 heterocycles. The van der Waals surface area contributed by atoms with Crippen molar-refractivity contribution < 1.29 is 0 Å². The Bertz CT molecular complexity index is 410. The van der Waals surface area contributed by atoms with E-state index < -0.39 is 0 Å². The summed E-state index contributed by atoms with van der Waals surface area (Å²) in [6, 6.07) is 0. The van der Waals surface area contributed by atoms with Crippen LogP contribution in [0, 0.1) is 5.92 Å². The van der Waals surface area contributed by atoms with Crippen molar-refractivity contribution in [3.05, 3.63) is 12.2 Å². The molecule has 1 fully saturated rings. The number of nitrogens with two attached hydrogens (primary N) is 1. The normalized spacial score (nSPS) is 14.8. The molecule has 0 bridgehead atoms. The summed E-state index contributed by atoms with van der Waals surface area (Å²) < 4.78 is 0. The first-order chi connectivity index (χ1) is 18.3. The van der Waals surface area contributed by atoms with Gasteiger partial charge in [0, 0.05) is 0 Å². The second-order valence-corrected chi connectivity index (χ2v) is 12.2. The van der Waals surface area contributed by atoms with Gasteiger partial charge in [-0.05, 0) is 44.6 Å². The summed E-state index contributed by atoms with van der Waals surface area (Å²) >= 11 is 0. The lowest BCUT2D eigenvalue weighted by Crippen LogP contribution is -2.00.